The molecule has 18 heavy (non-hydrogen) atoms. The minimum absolute atomic E-state index is 0.0472. The van der Waals surface area contributed by atoms with Gasteiger partial charge in [-0.1, -0.05) is 12.8 Å². The number of carbonyl (C=O) groups excluding carboxylic acids is 2. The first-order valence-electron chi connectivity index (χ1n) is 6.26. The Morgan fingerprint density at radius 1 is 1.28 bits per heavy atom. The Morgan fingerprint density at radius 3 is 2.39 bits per heavy atom. The standard InChI is InChI=1S/C12H20N2O4/c1-9(15)13-7-6-11(16)14(8-12(17)18)10-4-2-3-5-10/h10H,2-8H2,1H3,(H,13,15)(H,17,18). The molecular weight excluding hydrogens is 236 g/mol. The van der Waals surface area contributed by atoms with Crippen molar-refractivity contribution in [1.29, 1.82) is 0 Å². The number of rotatable bonds is 6. The molecule has 1 fully saturated rings. The number of carboxylic acid groups (broad SMARTS) is 1. The third-order valence-corrected chi connectivity index (χ3v) is 3.10. The van der Waals surface area contributed by atoms with Crippen LogP contribution in [0.1, 0.15) is 39.0 Å². The minimum atomic E-state index is -0.991. The fourth-order valence-corrected chi connectivity index (χ4v) is 2.27. The average molecular weight is 256 g/mol. The van der Waals surface area contributed by atoms with Crippen LogP contribution in [0.2, 0.25) is 0 Å². The van der Waals surface area contributed by atoms with Crippen molar-refractivity contribution in [3.05, 3.63) is 0 Å². The maximum absolute atomic E-state index is 12.0. The molecule has 0 bridgehead atoms. The van der Waals surface area contributed by atoms with Gasteiger partial charge in [0.2, 0.25) is 11.8 Å². The lowest BCUT2D eigenvalue weighted by molar-refractivity contribution is -0.146. The van der Waals surface area contributed by atoms with Crippen LogP contribution in [0.15, 0.2) is 0 Å². The minimum Gasteiger partial charge on any atom is -0.480 e. The van der Waals surface area contributed by atoms with E-state index in [0.29, 0.717) is 0 Å². The lowest BCUT2D eigenvalue weighted by atomic mass is 10.2. The number of amides is 2. The number of carbonyl (C=O) groups is 3. The van der Waals surface area contributed by atoms with Gasteiger partial charge in [0, 0.05) is 25.9 Å². The summed E-state index contributed by atoms with van der Waals surface area (Å²) in [4.78, 5) is 34.9. The number of carboxylic acids is 1. The number of nitrogens with one attached hydrogen (secondary N) is 1. The molecular formula is C12H20N2O4. The second kappa shape index (κ2) is 6.98. The Labute approximate surface area is 106 Å². The van der Waals surface area contributed by atoms with Crippen LogP contribution in [0.3, 0.4) is 0 Å². The molecule has 0 aliphatic heterocycles. The zero-order chi connectivity index (χ0) is 13.5. The third kappa shape index (κ3) is 4.73. The molecule has 1 aliphatic rings. The second-order valence-corrected chi connectivity index (χ2v) is 4.59. The first-order chi connectivity index (χ1) is 8.50. The molecule has 0 heterocycles. The highest BCUT2D eigenvalue weighted by Gasteiger charge is 2.27. The monoisotopic (exact) mass is 256 g/mol. The molecule has 1 saturated carbocycles. The topological polar surface area (TPSA) is 86.7 Å². The summed E-state index contributed by atoms with van der Waals surface area (Å²) in [6, 6.07) is 0.0472. The third-order valence-electron chi connectivity index (χ3n) is 3.10. The van der Waals surface area contributed by atoms with E-state index in [9.17, 15) is 14.4 Å². The number of hydrogen-bond donors (Lipinski definition) is 2. The number of hydrogen-bond acceptors (Lipinski definition) is 3. The molecule has 0 radical (unpaired) electrons. The van der Waals surface area contributed by atoms with Gasteiger partial charge >= 0.3 is 5.97 Å². The van der Waals surface area contributed by atoms with Crippen LogP contribution in [0, 0.1) is 0 Å². The van der Waals surface area contributed by atoms with Crippen molar-refractivity contribution in [3.63, 3.8) is 0 Å². The van der Waals surface area contributed by atoms with Gasteiger partial charge in [-0.3, -0.25) is 14.4 Å². The van der Waals surface area contributed by atoms with Gasteiger partial charge in [0.1, 0.15) is 6.54 Å². The molecule has 102 valence electrons. The van der Waals surface area contributed by atoms with Crippen molar-refractivity contribution in [2.75, 3.05) is 13.1 Å². The molecule has 1 aliphatic carbocycles. The molecule has 6 nitrogen and oxygen atoms in total. The molecule has 0 unspecified atom stereocenters. The fourth-order valence-electron chi connectivity index (χ4n) is 2.27. The van der Waals surface area contributed by atoms with Crippen LogP contribution in [0.4, 0.5) is 0 Å². The van der Waals surface area contributed by atoms with Gasteiger partial charge < -0.3 is 15.3 Å². The molecule has 1 rings (SSSR count). The van der Waals surface area contributed by atoms with Crippen LogP contribution in [-0.2, 0) is 14.4 Å². The summed E-state index contributed by atoms with van der Waals surface area (Å²) in [7, 11) is 0. The van der Waals surface area contributed by atoms with E-state index in [1.54, 1.807) is 0 Å². The van der Waals surface area contributed by atoms with Crippen molar-refractivity contribution >= 4 is 17.8 Å². The van der Waals surface area contributed by atoms with Gasteiger partial charge in [-0.05, 0) is 12.8 Å². The molecule has 2 N–H and O–H groups in total. The highest BCUT2D eigenvalue weighted by molar-refractivity contribution is 5.82. The van der Waals surface area contributed by atoms with Gasteiger partial charge in [0.15, 0.2) is 0 Å². The smallest absolute Gasteiger partial charge is 0.323 e. The van der Waals surface area contributed by atoms with Crippen molar-refractivity contribution in [2.24, 2.45) is 0 Å². The lowest BCUT2D eigenvalue weighted by Gasteiger charge is -2.27. The summed E-state index contributed by atoms with van der Waals surface area (Å²) >= 11 is 0. The zero-order valence-electron chi connectivity index (χ0n) is 10.6. The van der Waals surface area contributed by atoms with Crippen LogP contribution in [0.25, 0.3) is 0 Å². The Morgan fingerprint density at radius 2 is 1.89 bits per heavy atom. The van der Waals surface area contributed by atoms with Crippen molar-refractivity contribution < 1.29 is 19.5 Å². The molecule has 0 saturated heterocycles. The summed E-state index contributed by atoms with van der Waals surface area (Å²) in [5.74, 6) is -1.37. The van der Waals surface area contributed by atoms with Crippen LogP contribution >= 0.6 is 0 Å². The van der Waals surface area contributed by atoms with E-state index in [-0.39, 0.29) is 37.4 Å². The van der Waals surface area contributed by atoms with E-state index in [1.165, 1.54) is 11.8 Å². The van der Waals surface area contributed by atoms with E-state index in [2.05, 4.69) is 5.32 Å². The summed E-state index contributed by atoms with van der Waals surface area (Å²) < 4.78 is 0. The second-order valence-electron chi connectivity index (χ2n) is 4.59. The van der Waals surface area contributed by atoms with Gasteiger partial charge in [-0.25, -0.2) is 0 Å². The SMILES string of the molecule is CC(=O)NCCC(=O)N(CC(=O)O)C1CCCC1. The Bertz CT molecular complexity index is 324. The Kier molecular flexibility index (Phi) is 5.61. The maximum Gasteiger partial charge on any atom is 0.323 e. The van der Waals surface area contributed by atoms with Crippen molar-refractivity contribution in [3.8, 4) is 0 Å². The first kappa shape index (κ1) is 14.5. The van der Waals surface area contributed by atoms with Crippen molar-refractivity contribution in [2.45, 2.75) is 45.1 Å². The van der Waals surface area contributed by atoms with Crippen molar-refractivity contribution in [1.82, 2.24) is 10.2 Å². The highest BCUT2D eigenvalue weighted by atomic mass is 16.4. The van der Waals surface area contributed by atoms with Crippen LogP contribution in [-0.4, -0.2) is 46.9 Å². The predicted molar refractivity (Wildman–Crippen MR) is 64.9 cm³/mol. The number of nitrogens with zero attached hydrogens (tertiary/aromatic N) is 1. The normalized spacial score (nSPS) is 15.4. The van der Waals surface area contributed by atoms with Gasteiger partial charge in [-0.15, -0.1) is 0 Å². The van der Waals surface area contributed by atoms with E-state index in [1.807, 2.05) is 0 Å². The molecule has 0 aromatic carbocycles. The summed E-state index contributed by atoms with van der Waals surface area (Å²) in [5.41, 5.74) is 0. The Balaban J connectivity index is 2.49. The predicted octanol–water partition coefficient (Wildman–Crippen LogP) is 0.368. The molecule has 0 spiro atoms. The van der Waals surface area contributed by atoms with E-state index >= 15 is 0 Å². The fraction of sp³-hybridized carbons (Fsp3) is 0.750. The molecule has 6 heteroatoms. The Hall–Kier alpha value is -1.59. The first-order valence-corrected chi connectivity index (χ1v) is 6.26. The zero-order valence-corrected chi connectivity index (χ0v) is 10.6. The largest absolute Gasteiger partial charge is 0.480 e. The highest BCUT2D eigenvalue weighted by Crippen LogP contribution is 2.23. The van der Waals surface area contributed by atoms with Crippen LogP contribution in [0.5, 0.6) is 0 Å². The van der Waals surface area contributed by atoms with E-state index < -0.39 is 5.97 Å². The lowest BCUT2D eigenvalue weighted by Crippen LogP contribution is -2.43. The quantitative estimate of drug-likeness (QED) is 0.718. The summed E-state index contributed by atoms with van der Waals surface area (Å²) in [6.07, 6.45) is 3.99. The van der Waals surface area contributed by atoms with E-state index in [4.69, 9.17) is 5.11 Å². The van der Waals surface area contributed by atoms with Gasteiger partial charge in [0.25, 0.3) is 0 Å². The van der Waals surface area contributed by atoms with Gasteiger partial charge in [-0.2, -0.15) is 0 Å². The number of aliphatic carboxylic acids is 1. The average Bonchev–Trinajstić information content (AvgIpc) is 2.78. The van der Waals surface area contributed by atoms with Gasteiger partial charge in [0.05, 0.1) is 0 Å². The molecule has 0 aromatic rings. The van der Waals surface area contributed by atoms with E-state index in [0.717, 1.165) is 25.7 Å². The summed E-state index contributed by atoms with van der Waals surface area (Å²) in [6.45, 7) is 1.40. The molecule has 0 atom stereocenters. The molecule has 0 aromatic heterocycles. The summed E-state index contributed by atoms with van der Waals surface area (Å²) in [5, 5.41) is 11.4. The van der Waals surface area contributed by atoms with Crippen LogP contribution < -0.4 is 5.32 Å². The maximum atomic E-state index is 12.0. The molecule has 2 amide bonds.